The van der Waals surface area contributed by atoms with Crippen LogP contribution in [0.1, 0.15) is 132 Å². The van der Waals surface area contributed by atoms with Gasteiger partial charge in [0.15, 0.2) is 11.4 Å². The van der Waals surface area contributed by atoms with E-state index < -0.39 is 58.3 Å². The molecule has 2 saturated carbocycles. The largest absolute Gasteiger partial charge is 0.461 e. The van der Waals surface area contributed by atoms with Crippen LogP contribution in [0.4, 0.5) is 0 Å². The smallest absolute Gasteiger partial charge is 0.306 e. The molecule has 2 fully saturated rings. The number of carbonyl (C=O) groups excluding carboxylic acids is 4. The van der Waals surface area contributed by atoms with Gasteiger partial charge in [0.05, 0.1) is 5.60 Å². The molecule has 46 heavy (non-hydrogen) atoms. The summed E-state index contributed by atoms with van der Waals surface area (Å²) in [4.78, 5) is 51.2. The average Bonchev–Trinajstić information content (AvgIpc) is 3.38. The maximum atomic E-state index is 13.4. The Bertz CT molecular complexity index is 1210. The van der Waals surface area contributed by atoms with Crippen LogP contribution in [0.5, 0.6) is 0 Å². The van der Waals surface area contributed by atoms with Gasteiger partial charge in [0.25, 0.3) is 0 Å². The summed E-state index contributed by atoms with van der Waals surface area (Å²) in [5.74, 6) is -3.86. The fraction of sp³-hybridized carbons (Fsp3) is 0.789. The monoisotopic (exact) mass is 642 g/mol. The highest BCUT2D eigenvalue weighted by molar-refractivity contribution is 6.00. The molecular weight excluding hydrogens is 584 g/mol. The third-order valence-electron chi connectivity index (χ3n) is 11.7. The van der Waals surface area contributed by atoms with Crippen molar-refractivity contribution in [2.45, 2.75) is 149 Å². The van der Waals surface area contributed by atoms with E-state index in [1.807, 2.05) is 32.9 Å². The first-order valence-electron chi connectivity index (χ1n) is 17.9. The molecule has 0 unspecified atom stereocenters. The van der Waals surface area contributed by atoms with Crippen molar-refractivity contribution in [2.75, 3.05) is 6.61 Å². The van der Waals surface area contributed by atoms with Crippen molar-refractivity contribution in [1.29, 1.82) is 0 Å². The summed E-state index contributed by atoms with van der Waals surface area (Å²) in [6.45, 7) is 12.6. The van der Waals surface area contributed by atoms with Crippen molar-refractivity contribution in [3.63, 3.8) is 0 Å². The SMILES string of the molecule is CCCCCCCCCCCCCC(=O)O[C@@H]1[C@@H](C)[C@]2(O)[C@@H]3C=C(C)C(=O)[C@@H]3CC(COC(C)=O)=C[C@H]2[C@@H]2C(C)(C)[C@]12OC(C)=O. The fourth-order valence-corrected chi connectivity index (χ4v) is 9.32. The minimum absolute atomic E-state index is 0.0247. The van der Waals surface area contributed by atoms with Crippen LogP contribution in [0.25, 0.3) is 0 Å². The lowest BCUT2D eigenvalue weighted by molar-refractivity contribution is -0.219. The second-order valence-corrected chi connectivity index (χ2v) is 15.1. The first kappa shape index (κ1) is 36.4. The summed E-state index contributed by atoms with van der Waals surface area (Å²) in [6, 6.07) is 0. The van der Waals surface area contributed by atoms with Gasteiger partial charge in [-0.1, -0.05) is 104 Å². The summed E-state index contributed by atoms with van der Waals surface area (Å²) < 4.78 is 17.8. The number of aliphatic hydroxyl groups is 1. The minimum atomic E-state index is -1.46. The van der Waals surface area contributed by atoms with Crippen molar-refractivity contribution in [1.82, 2.24) is 0 Å². The lowest BCUT2D eigenvalue weighted by atomic mass is 9.60. The number of rotatable bonds is 16. The molecular formula is C38H58O8. The lowest BCUT2D eigenvalue weighted by Crippen LogP contribution is -2.63. The van der Waals surface area contributed by atoms with Crippen LogP contribution in [0.2, 0.25) is 0 Å². The zero-order chi connectivity index (χ0) is 33.9. The van der Waals surface area contributed by atoms with Gasteiger partial charge in [-0.3, -0.25) is 19.2 Å². The second-order valence-electron chi connectivity index (χ2n) is 15.1. The molecule has 8 heteroatoms. The number of hydrogen-bond acceptors (Lipinski definition) is 8. The third-order valence-corrected chi connectivity index (χ3v) is 11.7. The molecule has 4 aliphatic rings. The molecule has 258 valence electrons. The summed E-state index contributed by atoms with van der Waals surface area (Å²) in [5.41, 5.74) is -1.86. The van der Waals surface area contributed by atoms with Crippen molar-refractivity contribution in [3.05, 3.63) is 23.3 Å². The van der Waals surface area contributed by atoms with Gasteiger partial charge in [-0.05, 0) is 30.9 Å². The molecule has 0 saturated heterocycles. The number of allylic oxidation sites excluding steroid dienone is 1. The van der Waals surface area contributed by atoms with Gasteiger partial charge < -0.3 is 19.3 Å². The summed E-state index contributed by atoms with van der Waals surface area (Å²) in [5, 5.41) is 12.9. The number of ether oxygens (including phenoxy) is 3. The van der Waals surface area contributed by atoms with E-state index in [0.29, 0.717) is 12.0 Å². The Hall–Kier alpha value is -2.48. The highest BCUT2D eigenvalue weighted by Gasteiger charge is 2.87. The topological polar surface area (TPSA) is 116 Å². The number of Topliss-reactive ketones (excluding diaryl/α,β-unsaturated/α-hetero) is 1. The minimum Gasteiger partial charge on any atom is -0.461 e. The van der Waals surface area contributed by atoms with Gasteiger partial charge in [-0.15, -0.1) is 0 Å². The van der Waals surface area contributed by atoms with E-state index in [4.69, 9.17) is 14.2 Å². The summed E-state index contributed by atoms with van der Waals surface area (Å²) in [6.07, 6.45) is 16.5. The van der Waals surface area contributed by atoms with E-state index >= 15 is 0 Å². The van der Waals surface area contributed by atoms with E-state index in [2.05, 4.69) is 6.92 Å². The first-order chi connectivity index (χ1) is 21.7. The quantitative estimate of drug-likeness (QED) is 0.0813. The Morgan fingerprint density at radius 3 is 2.04 bits per heavy atom. The molecule has 0 radical (unpaired) electrons. The van der Waals surface area contributed by atoms with E-state index in [1.165, 1.54) is 65.2 Å². The van der Waals surface area contributed by atoms with Crippen LogP contribution in [-0.2, 0) is 33.4 Å². The van der Waals surface area contributed by atoms with Crippen LogP contribution in [0, 0.1) is 35.0 Å². The predicted octanol–water partition coefficient (Wildman–Crippen LogP) is 7.21. The fourth-order valence-electron chi connectivity index (χ4n) is 9.32. The zero-order valence-corrected chi connectivity index (χ0v) is 29.3. The standard InChI is InChI=1S/C38H58O8/c1-8-9-10-11-12-13-14-15-16-17-18-19-32(41)45-35-25(3)37(43)30-20-24(2)33(42)29(30)21-28(23-44-26(4)39)22-31(37)34-36(6,7)38(34,35)46-27(5)40/h20,22,25,29-31,34-35,43H,8-19,21,23H2,1-7H3/t25-,29-,30-,31+,34-,35-,37+,38-/m1/s1. The van der Waals surface area contributed by atoms with Gasteiger partial charge in [0.1, 0.15) is 12.7 Å². The van der Waals surface area contributed by atoms with Crippen molar-refractivity contribution in [2.24, 2.45) is 35.0 Å². The number of unbranched alkanes of at least 4 members (excludes halogenated alkanes) is 10. The van der Waals surface area contributed by atoms with Crippen LogP contribution < -0.4 is 0 Å². The Balaban J connectivity index is 1.51. The van der Waals surface area contributed by atoms with Crippen molar-refractivity contribution >= 4 is 23.7 Å². The maximum absolute atomic E-state index is 13.4. The van der Waals surface area contributed by atoms with Crippen molar-refractivity contribution in [3.8, 4) is 0 Å². The van der Waals surface area contributed by atoms with Crippen LogP contribution >= 0.6 is 0 Å². The Morgan fingerprint density at radius 1 is 0.891 bits per heavy atom. The molecule has 0 bridgehead atoms. The molecule has 0 aromatic rings. The van der Waals surface area contributed by atoms with Crippen LogP contribution in [0.3, 0.4) is 0 Å². The number of carbonyl (C=O) groups is 4. The molecule has 1 N–H and O–H groups in total. The average molecular weight is 643 g/mol. The van der Waals surface area contributed by atoms with Gasteiger partial charge in [-0.2, -0.15) is 0 Å². The molecule has 0 heterocycles. The summed E-state index contributed by atoms with van der Waals surface area (Å²) in [7, 11) is 0. The molecule has 0 aromatic heterocycles. The molecule has 8 atom stereocenters. The molecule has 8 nitrogen and oxygen atoms in total. The zero-order valence-electron chi connectivity index (χ0n) is 29.3. The maximum Gasteiger partial charge on any atom is 0.306 e. The predicted molar refractivity (Wildman–Crippen MR) is 175 cm³/mol. The van der Waals surface area contributed by atoms with E-state index in [9.17, 15) is 24.3 Å². The molecule has 0 aromatic carbocycles. The van der Waals surface area contributed by atoms with Gasteiger partial charge in [-0.25, -0.2) is 0 Å². The molecule has 4 rings (SSSR count). The highest BCUT2D eigenvalue weighted by Crippen LogP contribution is 2.77. The third kappa shape index (κ3) is 6.88. The van der Waals surface area contributed by atoms with E-state index in [1.54, 1.807) is 6.92 Å². The number of esters is 3. The molecule has 4 aliphatic carbocycles. The van der Waals surface area contributed by atoms with Gasteiger partial charge in [0, 0.05) is 55.3 Å². The van der Waals surface area contributed by atoms with Crippen LogP contribution in [-0.4, -0.2) is 52.7 Å². The van der Waals surface area contributed by atoms with E-state index in [-0.39, 0.29) is 30.7 Å². The first-order valence-corrected chi connectivity index (χ1v) is 17.9. The van der Waals surface area contributed by atoms with Crippen molar-refractivity contribution < 1.29 is 38.5 Å². The highest BCUT2D eigenvalue weighted by atomic mass is 16.6. The number of fused-ring (bicyclic) bond motifs is 5. The lowest BCUT2D eigenvalue weighted by Gasteiger charge is -2.52. The normalized spacial score (nSPS) is 33.9. The number of hydrogen-bond donors (Lipinski definition) is 1. The van der Waals surface area contributed by atoms with E-state index in [0.717, 1.165) is 24.8 Å². The van der Waals surface area contributed by atoms with Gasteiger partial charge >= 0.3 is 17.9 Å². The Kier molecular flexibility index (Phi) is 11.6. The second kappa shape index (κ2) is 14.7. The molecule has 0 aliphatic heterocycles. The van der Waals surface area contributed by atoms with Crippen LogP contribution in [0.15, 0.2) is 23.3 Å². The number of ketones is 1. The Labute approximate surface area is 276 Å². The van der Waals surface area contributed by atoms with Gasteiger partial charge in [0.2, 0.25) is 0 Å². The summed E-state index contributed by atoms with van der Waals surface area (Å²) >= 11 is 0. The molecule has 0 spiro atoms. The Morgan fingerprint density at radius 2 is 1.48 bits per heavy atom. The molecule has 0 amide bonds.